The fourth-order valence-electron chi connectivity index (χ4n) is 3.79. The number of unbranched alkanes of at least 4 members (excludes halogenated alkanes) is 11. The number of aliphatic hydroxyl groups is 1. The summed E-state index contributed by atoms with van der Waals surface area (Å²) in [6.07, 6.45) is 25.5. The van der Waals surface area contributed by atoms with Gasteiger partial charge in [-0.3, -0.25) is 4.57 Å². The van der Waals surface area contributed by atoms with Gasteiger partial charge in [-0.25, -0.2) is 0 Å². The van der Waals surface area contributed by atoms with Crippen molar-refractivity contribution in [2.75, 3.05) is 27.7 Å². The molecule has 0 aliphatic rings. The first-order valence-electron chi connectivity index (χ1n) is 12.4. The second-order valence-electron chi connectivity index (χ2n) is 10.0. The zero-order valence-electron chi connectivity index (χ0n) is 20.8. The molecule has 1 unspecified atom stereocenters. The lowest BCUT2D eigenvalue weighted by Crippen LogP contribution is -2.49. The summed E-state index contributed by atoms with van der Waals surface area (Å²) in [5, 5.41) is 8.59. The third-order valence-corrected chi connectivity index (χ3v) is 6.97. The number of allylic oxidation sites excluding steroid dienone is 4. The molecule has 0 bridgehead atoms. The molecule has 0 radical (unpaired) electrons. The van der Waals surface area contributed by atoms with Gasteiger partial charge in [0.05, 0.1) is 21.1 Å². The number of rotatable bonds is 20. The highest BCUT2D eigenvalue weighted by molar-refractivity contribution is 7.53. The van der Waals surface area contributed by atoms with E-state index in [9.17, 15) is 19.5 Å². The summed E-state index contributed by atoms with van der Waals surface area (Å²) in [7, 11) is 0.934. The zero-order valence-corrected chi connectivity index (χ0v) is 21.7. The van der Waals surface area contributed by atoms with Crippen LogP contribution in [0.5, 0.6) is 0 Å². The summed E-state index contributed by atoms with van der Waals surface area (Å²) < 4.78 is 12.1. The lowest BCUT2D eigenvalue weighted by atomic mass is 10.1. The van der Waals surface area contributed by atoms with E-state index in [1.165, 1.54) is 51.4 Å². The van der Waals surface area contributed by atoms with E-state index < -0.39 is 12.9 Å². The van der Waals surface area contributed by atoms with Gasteiger partial charge in [0.1, 0.15) is 6.54 Å². The topological polar surface area (TPSA) is 77.8 Å². The molecular formula is C25H51NO4P+. The predicted molar refractivity (Wildman–Crippen MR) is 133 cm³/mol. The van der Waals surface area contributed by atoms with E-state index in [-0.39, 0.29) is 13.0 Å². The highest BCUT2D eigenvalue weighted by atomic mass is 31.2. The van der Waals surface area contributed by atoms with Gasteiger partial charge in [0, 0.05) is 0 Å². The molecule has 0 aliphatic carbocycles. The average molecular weight is 461 g/mol. The molecule has 0 saturated heterocycles. The van der Waals surface area contributed by atoms with Crippen molar-refractivity contribution >= 4 is 7.60 Å². The van der Waals surface area contributed by atoms with E-state index in [1.807, 2.05) is 21.1 Å². The Hall–Kier alpha value is -0.450. The second-order valence-corrected chi connectivity index (χ2v) is 11.9. The summed E-state index contributed by atoms with van der Waals surface area (Å²) in [5.74, 6) is 0. The van der Waals surface area contributed by atoms with Crippen LogP contribution in [0.2, 0.25) is 0 Å². The van der Waals surface area contributed by atoms with Crippen LogP contribution in [0, 0.1) is 0 Å². The fourth-order valence-corrected chi connectivity index (χ4v) is 4.85. The summed E-state index contributed by atoms with van der Waals surface area (Å²) in [5.41, 5.74) is 0. The Labute approximate surface area is 192 Å². The van der Waals surface area contributed by atoms with E-state index in [1.54, 1.807) is 0 Å². The minimum absolute atomic E-state index is 0.0462. The molecule has 0 saturated carbocycles. The number of nitrogens with zero attached hydrogens (tertiary/aromatic N) is 1. The van der Waals surface area contributed by atoms with Crippen molar-refractivity contribution < 1.29 is 23.9 Å². The SMILES string of the molecule is CCCCCCCC/C=C\CCC/C=C\CCCCCC(O)(C[N+](C)(C)C)P(=O)(O)O. The monoisotopic (exact) mass is 460 g/mol. The first-order chi connectivity index (χ1) is 14.5. The third-order valence-electron chi connectivity index (χ3n) is 5.52. The Balaban J connectivity index is 3.74. The zero-order chi connectivity index (χ0) is 23.6. The minimum Gasteiger partial charge on any atom is -0.373 e. The quantitative estimate of drug-likeness (QED) is 0.0834. The summed E-state index contributed by atoms with van der Waals surface area (Å²) >= 11 is 0. The molecule has 3 N–H and O–H groups in total. The van der Waals surface area contributed by atoms with E-state index in [0.29, 0.717) is 10.9 Å². The van der Waals surface area contributed by atoms with Gasteiger partial charge >= 0.3 is 7.60 Å². The smallest absolute Gasteiger partial charge is 0.362 e. The van der Waals surface area contributed by atoms with E-state index >= 15 is 0 Å². The van der Waals surface area contributed by atoms with E-state index in [2.05, 4.69) is 31.2 Å². The molecule has 0 aromatic heterocycles. The number of hydrogen-bond acceptors (Lipinski definition) is 2. The summed E-state index contributed by atoms with van der Waals surface area (Å²) in [6.45, 7) is 2.30. The molecule has 31 heavy (non-hydrogen) atoms. The molecule has 0 aromatic rings. The van der Waals surface area contributed by atoms with Gasteiger partial charge in [-0.05, 0) is 57.8 Å². The van der Waals surface area contributed by atoms with E-state index in [4.69, 9.17) is 0 Å². The third kappa shape index (κ3) is 17.7. The molecule has 0 fully saturated rings. The van der Waals surface area contributed by atoms with Gasteiger partial charge in [-0.2, -0.15) is 0 Å². The number of hydrogen-bond donors (Lipinski definition) is 3. The first kappa shape index (κ1) is 30.6. The van der Waals surface area contributed by atoms with Crippen LogP contribution in [-0.2, 0) is 4.57 Å². The standard InChI is InChI=1S/C25H50NO4P/c1-5-6-7-8-9-10-11-12-13-14-15-16-17-18-19-20-21-22-23-25(27,31(28,29)30)24-26(2,3)4/h12-13,17-18,27H,5-11,14-16,19-24H2,1-4H3,(H-,28,29,30)/p+1/b13-12-,18-17-. The van der Waals surface area contributed by atoms with E-state index in [0.717, 1.165) is 32.1 Å². The molecule has 0 aromatic carbocycles. The molecule has 184 valence electrons. The Morgan fingerprint density at radius 1 is 0.710 bits per heavy atom. The molecule has 6 heteroatoms. The van der Waals surface area contributed by atoms with Crippen LogP contribution in [-0.4, -0.2) is 52.4 Å². The van der Waals surface area contributed by atoms with Gasteiger partial charge < -0.3 is 19.4 Å². The van der Waals surface area contributed by atoms with Crippen LogP contribution >= 0.6 is 7.60 Å². The van der Waals surface area contributed by atoms with Gasteiger partial charge in [-0.15, -0.1) is 0 Å². The molecule has 0 aliphatic heterocycles. The van der Waals surface area contributed by atoms with Crippen LogP contribution < -0.4 is 0 Å². The van der Waals surface area contributed by atoms with Crippen LogP contribution in [0.4, 0.5) is 0 Å². The van der Waals surface area contributed by atoms with Gasteiger partial charge in [0.2, 0.25) is 5.34 Å². The number of likely N-dealkylation sites (N-methyl/N-ethyl adjacent to an activating group) is 1. The fraction of sp³-hybridized carbons (Fsp3) is 0.840. The average Bonchev–Trinajstić information content (AvgIpc) is 2.65. The van der Waals surface area contributed by atoms with Crippen molar-refractivity contribution in [1.29, 1.82) is 0 Å². The van der Waals surface area contributed by atoms with Crippen LogP contribution in [0.1, 0.15) is 103 Å². The highest BCUT2D eigenvalue weighted by Crippen LogP contribution is 2.52. The first-order valence-corrected chi connectivity index (χ1v) is 14.0. The molecule has 0 rings (SSSR count). The van der Waals surface area contributed by atoms with Gasteiger partial charge in [0.15, 0.2) is 0 Å². The van der Waals surface area contributed by atoms with Crippen molar-refractivity contribution in [3.05, 3.63) is 24.3 Å². The summed E-state index contributed by atoms with van der Waals surface area (Å²) in [4.78, 5) is 19.2. The Kier molecular flexibility index (Phi) is 16.8. The molecule has 1 atom stereocenters. The van der Waals surface area contributed by atoms with Gasteiger partial charge in [-0.1, -0.05) is 69.8 Å². The maximum atomic E-state index is 11.8. The molecule has 5 nitrogen and oxygen atoms in total. The lowest BCUT2D eigenvalue weighted by molar-refractivity contribution is -0.875. The van der Waals surface area contributed by atoms with Crippen LogP contribution in [0.25, 0.3) is 0 Å². The van der Waals surface area contributed by atoms with Crippen molar-refractivity contribution in [1.82, 2.24) is 0 Å². The summed E-state index contributed by atoms with van der Waals surface area (Å²) in [6, 6.07) is 0. The maximum absolute atomic E-state index is 11.8. The number of quaternary nitrogens is 1. The maximum Gasteiger partial charge on any atom is 0.362 e. The predicted octanol–water partition coefficient (Wildman–Crippen LogP) is 6.54. The Morgan fingerprint density at radius 3 is 1.58 bits per heavy atom. The molecule has 0 spiro atoms. The highest BCUT2D eigenvalue weighted by Gasteiger charge is 2.48. The van der Waals surface area contributed by atoms with Crippen molar-refractivity contribution in [3.63, 3.8) is 0 Å². The van der Waals surface area contributed by atoms with Crippen LogP contribution in [0.15, 0.2) is 24.3 Å². The van der Waals surface area contributed by atoms with Gasteiger partial charge in [0.25, 0.3) is 0 Å². The minimum atomic E-state index is -4.56. The lowest BCUT2D eigenvalue weighted by Gasteiger charge is -2.35. The Morgan fingerprint density at radius 2 is 1.13 bits per heavy atom. The molecule has 0 heterocycles. The van der Waals surface area contributed by atoms with Crippen molar-refractivity contribution in [3.8, 4) is 0 Å². The molecular weight excluding hydrogens is 409 g/mol. The van der Waals surface area contributed by atoms with Crippen LogP contribution in [0.3, 0.4) is 0 Å². The normalized spacial score (nSPS) is 15.2. The van der Waals surface area contributed by atoms with Crippen molar-refractivity contribution in [2.24, 2.45) is 0 Å². The molecule has 0 amide bonds. The van der Waals surface area contributed by atoms with Crippen molar-refractivity contribution in [2.45, 2.75) is 109 Å². The largest absolute Gasteiger partial charge is 0.373 e. The Bertz CT molecular complexity index is 536. The second kappa shape index (κ2) is 17.1.